The SMILES string of the molecule is CC(C)(C)c1ccc(N2c3c(oc4cc5ccccc5cc34)B3c4c(cc5c(oc6ccccc65)c42)-c2cc(C45CC6CC(CC(C6)C4)C5)cc4c5cc(C67CC8CC(CC(C8)C6)C7)ccc5n3c24)c(-c2ccccc2)c1. The summed E-state index contributed by atoms with van der Waals surface area (Å²) in [5.41, 5.74) is 21.2. The van der Waals surface area contributed by atoms with E-state index in [9.17, 15) is 0 Å². The summed E-state index contributed by atoms with van der Waals surface area (Å²) >= 11 is 0. The Kier molecular flexibility index (Phi) is 8.15. The van der Waals surface area contributed by atoms with Crippen LogP contribution in [0.2, 0.25) is 0 Å². The summed E-state index contributed by atoms with van der Waals surface area (Å²) in [5, 5.41) is 8.76. The molecule has 8 bridgehead atoms. The molecule has 3 aromatic heterocycles. The van der Waals surface area contributed by atoms with E-state index in [-0.39, 0.29) is 23.1 Å². The number of anilines is 3. The third kappa shape index (κ3) is 5.71. The standard InChI is InChI=1S/C72H63BN2O2/c1-70(2,3)49-17-19-60(53(29-49)46-11-5-4-6-12-46)74-66-59-27-47-13-7-8-14-48(47)28-63(59)77-69(66)73-64-55(33-58-52-15-9-10-16-62(52)76-68(58)67(64)74)57-32-51(72-37-43-24-44(38-72)26-45(25-43)39-72)31-56-54-30-50(18-20-61(54)75(73)65(56)57)71-34-40-21-41(35-71)23-42(22-40)36-71/h4-20,27-33,40-45H,21-26,34-39H2,1-3H3. The van der Waals surface area contributed by atoms with Gasteiger partial charge in [0.2, 0.25) is 0 Å². The normalized spacial score (nSPS) is 27.4. The number of furan rings is 2. The fraction of sp³-hybridized carbons (Fsp3) is 0.333. The van der Waals surface area contributed by atoms with Crippen molar-refractivity contribution in [2.24, 2.45) is 35.5 Å². The van der Waals surface area contributed by atoms with Crippen LogP contribution in [0.5, 0.6) is 0 Å². The van der Waals surface area contributed by atoms with Crippen LogP contribution in [0.3, 0.4) is 0 Å². The lowest BCUT2D eigenvalue weighted by atomic mass is 9.46. The van der Waals surface area contributed by atoms with E-state index in [1.165, 1.54) is 148 Å². The minimum Gasteiger partial charge on any atom is -0.466 e. The molecule has 0 atom stereocenters. The number of hydrogen-bond acceptors (Lipinski definition) is 3. The summed E-state index contributed by atoms with van der Waals surface area (Å²) in [6.07, 6.45) is 16.8. The van der Waals surface area contributed by atoms with Gasteiger partial charge in [0.1, 0.15) is 16.8 Å². The zero-order chi connectivity index (χ0) is 50.4. The molecule has 8 fully saturated rings. The molecule has 0 spiro atoms. The van der Waals surface area contributed by atoms with Crippen molar-refractivity contribution in [3.05, 3.63) is 162 Å². The van der Waals surface area contributed by atoms with Gasteiger partial charge in [0, 0.05) is 49.1 Å². The van der Waals surface area contributed by atoms with E-state index < -0.39 is 0 Å². The molecule has 0 saturated heterocycles. The van der Waals surface area contributed by atoms with Gasteiger partial charge in [-0.2, -0.15) is 0 Å². The highest BCUT2D eigenvalue weighted by atomic mass is 16.3. The quantitative estimate of drug-likeness (QED) is 0.165. The van der Waals surface area contributed by atoms with Crippen LogP contribution < -0.4 is 16.0 Å². The highest BCUT2D eigenvalue weighted by Crippen LogP contribution is 2.64. The number of aromatic nitrogens is 1. The fourth-order valence-corrected chi connectivity index (χ4v) is 19.8. The Balaban J connectivity index is 0.975. The fourth-order valence-electron chi connectivity index (χ4n) is 19.8. The van der Waals surface area contributed by atoms with Gasteiger partial charge in [-0.25, -0.2) is 0 Å². The Labute approximate surface area is 450 Å². The lowest BCUT2D eigenvalue weighted by molar-refractivity contribution is -0.00527. The molecule has 0 amide bonds. The van der Waals surface area contributed by atoms with Gasteiger partial charge >= 0.3 is 6.85 Å². The van der Waals surface area contributed by atoms with Crippen molar-refractivity contribution < 1.29 is 8.83 Å². The van der Waals surface area contributed by atoms with Gasteiger partial charge in [0.15, 0.2) is 5.58 Å². The molecule has 5 heteroatoms. The molecule has 10 aliphatic rings. The smallest absolute Gasteiger partial charge is 0.376 e. The van der Waals surface area contributed by atoms with Gasteiger partial charge in [0.25, 0.3) is 0 Å². The second kappa shape index (κ2) is 14.6. The Morgan fingerprint density at radius 2 is 1.12 bits per heavy atom. The molecule has 8 aliphatic carbocycles. The van der Waals surface area contributed by atoms with Crippen LogP contribution in [0.1, 0.15) is 115 Å². The van der Waals surface area contributed by atoms with E-state index in [1.807, 2.05) is 0 Å². The van der Waals surface area contributed by atoms with Crippen molar-refractivity contribution in [2.75, 3.05) is 4.90 Å². The van der Waals surface area contributed by atoms with Crippen molar-refractivity contribution >= 4 is 101 Å². The molecule has 376 valence electrons. The average molecular weight is 999 g/mol. The van der Waals surface area contributed by atoms with E-state index in [1.54, 1.807) is 11.1 Å². The first-order chi connectivity index (χ1) is 37.6. The number of fused-ring (bicyclic) bond motifs is 14. The van der Waals surface area contributed by atoms with Gasteiger partial charge in [-0.15, -0.1) is 0 Å². The second-order valence-corrected chi connectivity index (χ2v) is 27.7. The number of nitrogens with zero attached hydrogens (tertiary/aromatic N) is 2. The molecule has 8 saturated carbocycles. The van der Waals surface area contributed by atoms with Gasteiger partial charge in [-0.1, -0.05) is 106 Å². The maximum atomic E-state index is 7.74. The van der Waals surface area contributed by atoms with E-state index in [4.69, 9.17) is 8.83 Å². The van der Waals surface area contributed by atoms with Crippen LogP contribution in [-0.4, -0.2) is 11.3 Å². The first-order valence-electron chi connectivity index (χ1n) is 29.7. The topological polar surface area (TPSA) is 34.5 Å². The van der Waals surface area contributed by atoms with E-state index in [0.29, 0.717) is 0 Å². The minimum atomic E-state index is -0.253. The Bertz CT molecular complexity index is 4350. The van der Waals surface area contributed by atoms with Gasteiger partial charge in [-0.05, 0) is 234 Å². The first-order valence-corrected chi connectivity index (χ1v) is 29.7. The summed E-state index contributed by atoms with van der Waals surface area (Å²) in [6, 6.07) is 56.8. The number of rotatable bonds is 4. The number of hydrogen-bond donors (Lipinski definition) is 0. The Morgan fingerprint density at radius 3 is 1.82 bits per heavy atom. The molecule has 4 nitrogen and oxygen atoms in total. The maximum Gasteiger partial charge on any atom is 0.376 e. The van der Waals surface area contributed by atoms with Gasteiger partial charge in [-0.3, -0.25) is 0 Å². The van der Waals surface area contributed by atoms with Crippen molar-refractivity contribution in [3.8, 4) is 22.3 Å². The highest BCUT2D eigenvalue weighted by Gasteiger charge is 2.55. The lowest BCUT2D eigenvalue weighted by Gasteiger charge is -2.57. The Morgan fingerprint density at radius 1 is 0.481 bits per heavy atom. The molecule has 5 heterocycles. The largest absolute Gasteiger partial charge is 0.466 e. The number of para-hydroxylation sites is 1. The molecule has 0 unspecified atom stereocenters. The molecule has 2 aliphatic heterocycles. The summed E-state index contributed by atoms with van der Waals surface area (Å²) in [4.78, 5) is 2.62. The van der Waals surface area contributed by atoms with Gasteiger partial charge in [0.05, 0.1) is 17.1 Å². The van der Waals surface area contributed by atoms with Crippen LogP contribution in [-0.2, 0) is 16.2 Å². The first kappa shape index (κ1) is 43.1. The van der Waals surface area contributed by atoms with Crippen molar-refractivity contribution in [3.63, 3.8) is 0 Å². The molecular formula is C72H63BN2O2. The number of benzene rings is 8. The van der Waals surface area contributed by atoms with Crippen LogP contribution >= 0.6 is 0 Å². The van der Waals surface area contributed by atoms with Gasteiger partial charge < -0.3 is 18.2 Å². The predicted molar refractivity (Wildman–Crippen MR) is 318 cm³/mol. The summed E-state index contributed by atoms with van der Waals surface area (Å²) in [7, 11) is 0. The summed E-state index contributed by atoms with van der Waals surface area (Å²) in [5.74, 6) is 5.21. The summed E-state index contributed by atoms with van der Waals surface area (Å²) in [6.45, 7) is 6.76. The third-order valence-electron chi connectivity index (χ3n) is 22.1. The van der Waals surface area contributed by atoms with Crippen LogP contribution in [0.4, 0.5) is 17.1 Å². The third-order valence-corrected chi connectivity index (χ3v) is 22.1. The molecule has 77 heavy (non-hydrogen) atoms. The predicted octanol–water partition coefficient (Wildman–Crippen LogP) is 17.9. The highest BCUT2D eigenvalue weighted by molar-refractivity contribution is 6.90. The molecule has 8 aromatic carbocycles. The zero-order valence-electron chi connectivity index (χ0n) is 44.6. The van der Waals surface area contributed by atoms with E-state index >= 15 is 0 Å². The van der Waals surface area contributed by atoms with Crippen LogP contribution in [0.25, 0.3) is 87.7 Å². The molecule has 0 radical (unpaired) electrons. The monoisotopic (exact) mass is 998 g/mol. The maximum absolute atomic E-state index is 7.74. The van der Waals surface area contributed by atoms with E-state index in [2.05, 4.69) is 176 Å². The minimum absolute atomic E-state index is 0.0616. The zero-order valence-corrected chi connectivity index (χ0v) is 44.6. The van der Waals surface area contributed by atoms with Crippen molar-refractivity contribution in [1.29, 1.82) is 0 Å². The average Bonchev–Trinajstić information content (AvgIpc) is 4.14. The molecule has 11 aromatic rings. The second-order valence-electron chi connectivity index (χ2n) is 27.7. The van der Waals surface area contributed by atoms with Crippen LogP contribution in [0.15, 0.2) is 154 Å². The summed E-state index contributed by atoms with van der Waals surface area (Å²) < 4.78 is 18.0. The lowest BCUT2D eigenvalue weighted by Crippen LogP contribution is -2.56. The molecular weight excluding hydrogens is 936 g/mol. The Hall–Kier alpha value is -6.98. The molecule has 0 N–H and O–H groups in total. The van der Waals surface area contributed by atoms with Crippen molar-refractivity contribution in [2.45, 2.75) is 114 Å². The van der Waals surface area contributed by atoms with E-state index in [0.717, 1.165) is 85.8 Å². The van der Waals surface area contributed by atoms with Crippen molar-refractivity contribution in [1.82, 2.24) is 4.48 Å². The van der Waals surface area contributed by atoms with Crippen LogP contribution in [0, 0.1) is 35.5 Å². The molecule has 21 rings (SSSR count).